The number of nitrogens with one attached hydrogen (secondary N) is 2. The fourth-order valence-electron chi connectivity index (χ4n) is 2.37. The first-order valence-corrected chi connectivity index (χ1v) is 7.33. The number of amides is 2. The second kappa shape index (κ2) is 8.91. The van der Waals surface area contributed by atoms with E-state index in [2.05, 4.69) is 10.6 Å². The van der Waals surface area contributed by atoms with Gasteiger partial charge in [0.15, 0.2) is 0 Å². The molecule has 1 aliphatic rings. The Morgan fingerprint density at radius 2 is 1.89 bits per heavy atom. The zero-order chi connectivity index (χ0) is 14.1. The van der Waals surface area contributed by atoms with Crippen LogP contribution >= 0.6 is 0 Å². The van der Waals surface area contributed by atoms with Crippen molar-refractivity contribution in [3.8, 4) is 0 Å². The van der Waals surface area contributed by atoms with E-state index in [1.165, 1.54) is 12.8 Å². The Bertz CT molecular complexity index is 288. The van der Waals surface area contributed by atoms with E-state index in [-0.39, 0.29) is 24.5 Å². The molecule has 0 bridgehead atoms. The topological polar surface area (TPSA) is 78.4 Å². The number of carbonyl (C=O) groups is 2. The fraction of sp³-hybridized carbons (Fsp3) is 0.857. The summed E-state index contributed by atoms with van der Waals surface area (Å²) in [4.78, 5) is 23.0. The van der Waals surface area contributed by atoms with Gasteiger partial charge in [0.1, 0.15) is 0 Å². The third-order valence-corrected chi connectivity index (χ3v) is 3.67. The number of aliphatic hydroxyl groups excluding tert-OH is 1. The smallest absolute Gasteiger partial charge is 0.239 e. The lowest BCUT2D eigenvalue weighted by Crippen LogP contribution is -2.38. The summed E-state index contributed by atoms with van der Waals surface area (Å²) in [5.74, 6) is 0.279. The van der Waals surface area contributed by atoms with E-state index < -0.39 is 0 Å². The number of hydrogen-bond donors (Lipinski definition) is 3. The summed E-state index contributed by atoms with van der Waals surface area (Å²) >= 11 is 0. The molecule has 110 valence electrons. The second-order valence-corrected chi connectivity index (χ2v) is 5.33. The lowest BCUT2D eigenvalue weighted by molar-refractivity contribution is -0.126. The molecule has 1 aliphatic carbocycles. The van der Waals surface area contributed by atoms with E-state index in [0.29, 0.717) is 31.7 Å². The van der Waals surface area contributed by atoms with Gasteiger partial charge in [-0.05, 0) is 31.6 Å². The zero-order valence-electron chi connectivity index (χ0n) is 11.8. The van der Waals surface area contributed by atoms with Crippen molar-refractivity contribution in [1.82, 2.24) is 10.6 Å². The molecule has 1 saturated carbocycles. The number of rotatable bonds is 8. The highest BCUT2D eigenvalue weighted by molar-refractivity contribution is 5.84. The maximum absolute atomic E-state index is 11.6. The van der Waals surface area contributed by atoms with Gasteiger partial charge in [0.25, 0.3) is 0 Å². The maximum atomic E-state index is 11.6. The molecule has 3 N–H and O–H groups in total. The van der Waals surface area contributed by atoms with Crippen LogP contribution in [0.1, 0.15) is 51.9 Å². The number of hydrogen-bond acceptors (Lipinski definition) is 3. The summed E-state index contributed by atoms with van der Waals surface area (Å²) in [7, 11) is 0. The first-order valence-electron chi connectivity index (χ1n) is 7.33. The van der Waals surface area contributed by atoms with Gasteiger partial charge < -0.3 is 15.7 Å². The van der Waals surface area contributed by atoms with Crippen molar-refractivity contribution in [3.63, 3.8) is 0 Å². The average Bonchev–Trinajstić information content (AvgIpc) is 2.89. The minimum absolute atomic E-state index is 0.0318. The summed E-state index contributed by atoms with van der Waals surface area (Å²) in [6, 6.07) is 0. The van der Waals surface area contributed by atoms with Gasteiger partial charge in [0, 0.05) is 13.0 Å². The zero-order valence-corrected chi connectivity index (χ0v) is 11.8. The van der Waals surface area contributed by atoms with E-state index in [1.807, 2.05) is 6.92 Å². The Morgan fingerprint density at radius 1 is 1.21 bits per heavy atom. The molecule has 0 heterocycles. The molecule has 5 nitrogen and oxygen atoms in total. The van der Waals surface area contributed by atoms with Crippen molar-refractivity contribution in [3.05, 3.63) is 0 Å². The lowest BCUT2D eigenvalue weighted by Gasteiger charge is -2.11. The molecule has 5 heteroatoms. The molecule has 1 rings (SSSR count). The van der Waals surface area contributed by atoms with Crippen molar-refractivity contribution in [2.24, 2.45) is 5.92 Å². The highest BCUT2D eigenvalue weighted by atomic mass is 16.3. The van der Waals surface area contributed by atoms with Crippen molar-refractivity contribution in [2.45, 2.75) is 58.0 Å². The average molecular weight is 270 g/mol. The number of aliphatic hydroxyl groups is 1. The van der Waals surface area contributed by atoms with Crippen LogP contribution in [0, 0.1) is 5.92 Å². The van der Waals surface area contributed by atoms with Crippen LogP contribution in [0.2, 0.25) is 0 Å². The molecule has 0 aromatic rings. The van der Waals surface area contributed by atoms with Crippen molar-refractivity contribution in [1.29, 1.82) is 0 Å². The van der Waals surface area contributed by atoms with Crippen LogP contribution in [0.3, 0.4) is 0 Å². The van der Waals surface area contributed by atoms with Crippen LogP contribution in [0.4, 0.5) is 0 Å². The quantitative estimate of drug-likeness (QED) is 0.614. The maximum Gasteiger partial charge on any atom is 0.239 e. The molecule has 0 spiro atoms. The predicted octanol–water partition coefficient (Wildman–Crippen LogP) is 0.960. The van der Waals surface area contributed by atoms with Gasteiger partial charge in [-0.25, -0.2) is 0 Å². The fourth-order valence-corrected chi connectivity index (χ4v) is 2.37. The molecule has 1 fully saturated rings. The minimum Gasteiger partial charge on any atom is -0.393 e. The van der Waals surface area contributed by atoms with Gasteiger partial charge >= 0.3 is 0 Å². The molecule has 0 aromatic heterocycles. The van der Waals surface area contributed by atoms with Gasteiger partial charge in [0.05, 0.1) is 12.6 Å². The normalized spacial score (nSPS) is 17.2. The molecule has 0 aromatic carbocycles. The standard InChI is InChI=1S/C14H26N2O3/c1-2-12(17)7-8-15-14(19)10-16-13(18)9-11-5-3-4-6-11/h11-12,17H,2-10H2,1H3,(H,15,19)(H,16,18). The van der Waals surface area contributed by atoms with Gasteiger partial charge in [-0.2, -0.15) is 0 Å². The Morgan fingerprint density at radius 3 is 2.53 bits per heavy atom. The number of carbonyl (C=O) groups excluding carboxylic acids is 2. The third-order valence-electron chi connectivity index (χ3n) is 3.67. The third kappa shape index (κ3) is 7.15. The van der Waals surface area contributed by atoms with Crippen LogP contribution in [0.5, 0.6) is 0 Å². The molecular weight excluding hydrogens is 244 g/mol. The molecule has 2 amide bonds. The van der Waals surface area contributed by atoms with Crippen LogP contribution in [-0.2, 0) is 9.59 Å². The summed E-state index contributed by atoms with van der Waals surface area (Å²) in [5, 5.41) is 14.7. The molecular formula is C14H26N2O3. The molecule has 0 radical (unpaired) electrons. The van der Waals surface area contributed by atoms with Crippen molar-refractivity contribution in [2.75, 3.05) is 13.1 Å². The summed E-state index contributed by atoms with van der Waals surface area (Å²) < 4.78 is 0. The van der Waals surface area contributed by atoms with Crippen LogP contribution in [0.15, 0.2) is 0 Å². The molecule has 0 saturated heterocycles. The van der Waals surface area contributed by atoms with E-state index in [4.69, 9.17) is 0 Å². The second-order valence-electron chi connectivity index (χ2n) is 5.33. The monoisotopic (exact) mass is 270 g/mol. The molecule has 0 aliphatic heterocycles. The highest BCUT2D eigenvalue weighted by Gasteiger charge is 2.18. The minimum atomic E-state index is -0.364. The first kappa shape index (κ1) is 16.0. The van der Waals surface area contributed by atoms with Crippen LogP contribution in [0.25, 0.3) is 0 Å². The van der Waals surface area contributed by atoms with E-state index >= 15 is 0 Å². The van der Waals surface area contributed by atoms with Gasteiger partial charge in [-0.15, -0.1) is 0 Å². The Hall–Kier alpha value is -1.10. The molecule has 1 unspecified atom stereocenters. The van der Waals surface area contributed by atoms with E-state index in [1.54, 1.807) is 0 Å². The highest BCUT2D eigenvalue weighted by Crippen LogP contribution is 2.27. The van der Waals surface area contributed by atoms with Crippen molar-refractivity contribution >= 4 is 11.8 Å². The Labute approximate surface area is 115 Å². The molecule has 1 atom stereocenters. The Balaban J connectivity index is 2.03. The predicted molar refractivity (Wildman–Crippen MR) is 73.5 cm³/mol. The van der Waals surface area contributed by atoms with Gasteiger partial charge in [0.2, 0.25) is 11.8 Å². The Kier molecular flexibility index (Phi) is 7.48. The van der Waals surface area contributed by atoms with E-state index in [0.717, 1.165) is 12.8 Å². The van der Waals surface area contributed by atoms with Gasteiger partial charge in [-0.3, -0.25) is 9.59 Å². The first-order chi connectivity index (χ1) is 9.11. The van der Waals surface area contributed by atoms with Crippen LogP contribution < -0.4 is 10.6 Å². The SMILES string of the molecule is CCC(O)CCNC(=O)CNC(=O)CC1CCCC1. The van der Waals surface area contributed by atoms with Crippen LogP contribution in [-0.4, -0.2) is 36.1 Å². The summed E-state index contributed by atoms with van der Waals surface area (Å²) in [6.07, 6.45) is 6.13. The summed E-state index contributed by atoms with van der Waals surface area (Å²) in [5.41, 5.74) is 0. The van der Waals surface area contributed by atoms with Gasteiger partial charge in [-0.1, -0.05) is 19.8 Å². The largest absolute Gasteiger partial charge is 0.393 e. The molecule has 19 heavy (non-hydrogen) atoms. The van der Waals surface area contributed by atoms with Crippen molar-refractivity contribution < 1.29 is 14.7 Å². The lowest BCUT2D eigenvalue weighted by atomic mass is 10.0. The summed E-state index contributed by atoms with van der Waals surface area (Å²) in [6.45, 7) is 2.38. The van der Waals surface area contributed by atoms with E-state index in [9.17, 15) is 14.7 Å².